The van der Waals surface area contributed by atoms with Crippen molar-refractivity contribution in [2.45, 2.75) is 19.5 Å². The lowest BCUT2D eigenvalue weighted by atomic mass is 10.0. The van der Waals surface area contributed by atoms with Gasteiger partial charge >= 0.3 is 0 Å². The monoisotopic (exact) mass is 377 g/mol. The molecule has 28 heavy (non-hydrogen) atoms. The maximum Gasteiger partial charge on any atom is 0.244 e. The van der Waals surface area contributed by atoms with E-state index in [1.54, 1.807) is 18.2 Å². The van der Waals surface area contributed by atoms with Gasteiger partial charge in [-0.1, -0.05) is 42.0 Å². The fraction of sp³-hybridized carbons (Fsp3) is 0.304. The lowest BCUT2D eigenvalue weighted by Gasteiger charge is -2.29. The molecule has 2 aromatic carbocycles. The molecular formula is C23H27N3O2. The molecule has 0 aliphatic rings. The van der Waals surface area contributed by atoms with Crippen molar-refractivity contribution in [1.29, 1.82) is 0 Å². The number of rotatable bonds is 6. The molecule has 0 radical (unpaired) electrons. The first-order chi connectivity index (χ1) is 13.4. The molecule has 0 N–H and O–H groups in total. The van der Waals surface area contributed by atoms with Gasteiger partial charge in [-0.2, -0.15) is 0 Å². The van der Waals surface area contributed by atoms with Gasteiger partial charge in [0, 0.05) is 25.2 Å². The molecule has 0 saturated heterocycles. The second kappa shape index (κ2) is 8.40. The zero-order chi connectivity index (χ0) is 20.3. The number of pyridine rings is 1. The number of fused-ring (bicyclic) bond motifs is 1. The topological polar surface area (TPSA) is 45.7 Å². The number of carbonyl (C=O) groups is 1. The number of aryl methyl sites for hydroxylation is 1. The molecule has 1 amide bonds. The molecule has 0 fully saturated rings. The third-order valence-electron chi connectivity index (χ3n) is 4.93. The Hall–Kier alpha value is -2.92. The van der Waals surface area contributed by atoms with Crippen LogP contribution in [0.1, 0.15) is 22.7 Å². The number of aromatic nitrogens is 1. The summed E-state index contributed by atoms with van der Waals surface area (Å²) in [5.41, 5.74) is 4.00. The average molecular weight is 377 g/mol. The standard InChI is InChI=1S/C23H27N3O2/c1-16-8-6-9-17(14-16)22(25(2)3)23(27)26(4)15-18-11-12-20(28-5)21-19(18)10-7-13-24-21/h6-14,22H,15H2,1-5H3. The Morgan fingerprint density at radius 3 is 2.57 bits per heavy atom. The summed E-state index contributed by atoms with van der Waals surface area (Å²) >= 11 is 0. The fourth-order valence-corrected chi connectivity index (χ4v) is 3.55. The van der Waals surface area contributed by atoms with E-state index in [4.69, 9.17) is 4.74 Å². The second-order valence-corrected chi connectivity index (χ2v) is 7.30. The molecule has 3 aromatic rings. The van der Waals surface area contributed by atoms with E-state index < -0.39 is 0 Å². The molecule has 1 heterocycles. The fourth-order valence-electron chi connectivity index (χ4n) is 3.55. The summed E-state index contributed by atoms with van der Waals surface area (Å²) in [6.07, 6.45) is 1.75. The number of likely N-dealkylation sites (N-methyl/N-ethyl adjacent to an activating group) is 2. The first kappa shape index (κ1) is 19.8. The molecule has 1 aromatic heterocycles. The van der Waals surface area contributed by atoms with Crippen molar-refractivity contribution in [2.24, 2.45) is 0 Å². The van der Waals surface area contributed by atoms with Gasteiger partial charge in [0.05, 0.1) is 7.11 Å². The van der Waals surface area contributed by atoms with E-state index in [9.17, 15) is 4.79 Å². The van der Waals surface area contributed by atoms with Gasteiger partial charge in [-0.15, -0.1) is 0 Å². The van der Waals surface area contributed by atoms with Crippen LogP contribution in [0.2, 0.25) is 0 Å². The summed E-state index contributed by atoms with van der Waals surface area (Å²) in [7, 11) is 7.36. The van der Waals surface area contributed by atoms with Gasteiger partial charge in [-0.05, 0) is 44.3 Å². The molecule has 5 heteroatoms. The maximum absolute atomic E-state index is 13.3. The molecule has 0 aliphatic heterocycles. The predicted octanol–water partition coefficient (Wildman–Crippen LogP) is 3.81. The Kier molecular flexibility index (Phi) is 5.95. The van der Waals surface area contributed by atoms with Crippen LogP contribution >= 0.6 is 0 Å². The Balaban J connectivity index is 1.90. The van der Waals surface area contributed by atoms with Crippen LogP contribution in [0.15, 0.2) is 54.7 Å². The molecule has 1 unspecified atom stereocenters. The number of hydrogen-bond donors (Lipinski definition) is 0. The molecule has 0 spiro atoms. The maximum atomic E-state index is 13.3. The van der Waals surface area contributed by atoms with Gasteiger partial charge in [-0.25, -0.2) is 0 Å². The summed E-state index contributed by atoms with van der Waals surface area (Å²) in [6.45, 7) is 2.54. The number of nitrogens with zero attached hydrogens (tertiary/aromatic N) is 3. The summed E-state index contributed by atoms with van der Waals surface area (Å²) in [5.74, 6) is 0.794. The van der Waals surface area contributed by atoms with Crippen molar-refractivity contribution in [3.63, 3.8) is 0 Å². The third-order valence-corrected chi connectivity index (χ3v) is 4.93. The number of carbonyl (C=O) groups excluding carboxylic acids is 1. The highest BCUT2D eigenvalue weighted by atomic mass is 16.5. The van der Waals surface area contributed by atoms with Gasteiger partial charge in [0.25, 0.3) is 0 Å². The Bertz CT molecular complexity index is 984. The predicted molar refractivity (Wildman–Crippen MR) is 112 cm³/mol. The summed E-state index contributed by atoms with van der Waals surface area (Å²) < 4.78 is 5.42. The zero-order valence-electron chi connectivity index (χ0n) is 17.1. The smallest absolute Gasteiger partial charge is 0.244 e. The van der Waals surface area contributed by atoms with Crippen LogP contribution in [0.3, 0.4) is 0 Å². The molecule has 5 nitrogen and oxygen atoms in total. The molecule has 146 valence electrons. The van der Waals surface area contributed by atoms with Crippen LogP contribution in [0.25, 0.3) is 10.9 Å². The largest absolute Gasteiger partial charge is 0.494 e. The molecule has 1 atom stereocenters. The highest BCUT2D eigenvalue weighted by Gasteiger charge is 2.26. The quantitative estimate of drug-likeness (QED) is 0.655. The SMILES string of the molecule is COc1ccc(CN(C)C(=O)C(c2cccc(C)c2)N(C)C)c2cccnc12. The van der Waals surface area contributed by atoms with Gasteiger partial charge < -0.3 is 9.64 Å². The minimum Gasteiger partial charge on any atom is -0.494 e. The highest BCUT2D eigenvalue weighted by Crippen LogP contribution is 2.28. The zero-order valence-corrected chi connectivity index (χ0v) is 17.1. The van der Waals surface area contributed by atoms with Crippen molar-refractivity contribution >= 4 is 16.8 Å². The van der Waals surface area contributed by atoms with Crippen LogP contribution < -0.4 is 4.74 Å². The molecule has 0 bridgehead atoms. The Morgan fingerprint density at radius 2 is 1.89 bits per heavy atom. The highest BCUT2D eigenvalue weighted by molar-refractivity contribution is 5.88. The summed E-state index contributed by atoms with van der Waals surface area (Å²) in [4.78, 5) is 21.5. The van der Waals surface area contributed by atoms with E-state index in [0.717, 1.165) is 33.3 Å². The minimum atomic E-state index is -0.326. The average Bonchev–Trinajstić information content (AvgIpc) is 2.68. The van der Waals surface area contributed by atoms with E-state index in [-0.39, 0.29) is 11.9 Å². The molecular weight excluding hydrogens is 350 g/mol. The van der Waals surface area contributed by atoms with Gasteiger partial charge in [0.2, 0.25) is 5.91 Å². The first-order valence-electron chi connectivity index (χ1n) is 9.31. The van der Waals surface area contributed by atoms with Crippen LogP contribution in [-0.2, 0) is 11.3 Å². The molecule has 0 saturated carbocycles. The van der Waals surface area contributed by atoms with Gasteiger partial charge in [0.1, 0.15) is 17.3 Å². The third kappa shape index (κ3) is 3.99. The first-order valence-corrected chi connectivity index (χ1v) is 9.31. The number of hydrogen-bond acceptors (Lipinski definition) is 4. The Labute approximate surface area is 166 Å². The van der Waals surface area contributed by atoms with Crippen molar-refractivity contribution in [3.8, 4) is 5.75 Å². The number of ether oxygens (including phenoxy) is 1. The molecule has 3 rings (SSSR count). The number of benzene rings is 2. The van der Waals surface area contributed by atoms with Crippen molar-refractivity contribution < 1.29 is 9.53 Å². The minimum absolute atomic E-state index is 0.0588. The lowest BCUT2D eigenvalue weighted by Crippen LogP contribution is -2.38. The number of amides is 1. The van der Waals surface area contributed by atoms with Crippen molar-refractivity contribution in [2.75, 3.05) is 28.3 Å². The van der Waals surface area contributed by atoms with Gasteiger partial charge in [-0.3, -0.25) is 14.7 Å². The van der Waals surface area contributed by atoms with Crippen molar-refractivity contribution in [1.82, 2.24) is 14.8 Å². The van der Waals surface area contributed by atoms with E-state index >= 15 is 0 Å². The van der Waals surface area contributed by atoms with E-state index in [0.29, 0.717) is 6.54 Å². The van der Waals surface area contributed by atoms with E-state index in [2.05, 4.69) is 11.1 Å². The van der Waals surface area contributed by atoms with Crippen LogP contribution in [0.4, 0.5) is 0 Å². The Morgan fingerprint density at radius 1 is 1.11 bits per heavy atom. The summed E-state index contributed by atoms with van der Waals surface area (Å²) in [5, 5.41) is 0.999. The summed E-state index contributed by atoms with van der Waals surface area (Å²) in [6, 6.07) is 15.6. The normalized spacial score (nSPS) is 12.2. The van der Waals surface area contributed by atoms with Crippen LogP contribution in [0, 0.1) is 6.92 Å². The van der Waals surface area contributed by atoms with Crippen LogP contribution in [-0.4, -0.2) is 48.9 Å². The van der Waals surface area contributed by atoms with Crippen LogP contribution in [0.5, 0.6) is 5.75 Å². The number of methoxy groups -OCH3 is 1. The van der Waals surface area contributed by atoms with E-state index in [1.165, 1.54) is 0 Å². The van der Waals surface area contributed by atoms with Crippen molar-refractivity contribution in [3.05, 3.63) is 71.4 Å². The second-order valence-electron chi connectivity index (χ2n) is 7.30. The lowest BCUT2D eigenvalue weighted by molar-refractivity contribution is -0.135. The van der Waals surface area contributed by atoms with Gasteiger partial charge in [0.15, 0.2) is 0 Å². The molecule has 0 aliphatic carbocycles. The van der Waals surface area contributed by atoms with E-state index in [1.807, 2.05) is 75.4 Å².